The van der Waals surface area contributed by atoms with Crippen molar-refractivity contribution in [2.75, 3.05) is 29.9 Å². The molecule has 1 fully saturated rings. The van der Waals surface area contributed by atoms with Crippen molar-refractivity contribution in [2.24, 2.45) is 0 Å². The number of nitrogens with zero attached hydrogens (tertiary/aromatic N) is 1. The Morgan fingerprint density at radius 3 is 2.43 bits per heavy atom. The van der Waals surface area contributed by atoms with Crippen LogP contribution in [0.15, 0.2) is 48.5 Å². The van der Waals surface area contributed by atoms with Gasteiger partial charge in [0.05, 0.1) is 6.54 Å². The van der Waals surface area contributed by atoms with Gasteiger partial charge < -0.3 is 16.0 Å². The number of anilines is 2. The molecule has 3 N–H and O–H groups in total. The average molecular weight is 376 g/mol. The van der Waals surface area contributed by atoms with Gasteiger partial charge in [0.25, 0.3) is 5.91 Å². The molecule has 2 aromatic carbocycles. The number of carbonyl (C=O) groups is 3. The quantitative estimate of drug-likeness (QED) is 0.713. The van der Waals surface area contributed by atoms with Gasteiger partial charge in [-0.2, -0.15) is 0 Å². The van der Waals surface area contributed by atoms with Gasteiger partial charge in [-0.3, -0.25) is 14.5 Å². The monoisotopic (exact) mass is 376 g/mol. The normalized spacial score (nSPS) is 12.6. The maximum atomic E-state index is 12.1. The summed E-state index contributed by atoms with van der Waals surface area (Å²) >= 11 is 0. The Bertz CT molecular complexity index is 940. The lowest BCUT2D eigenvalue weighted by Crippen LogP contribution is -2.27. The van der Waals surface area contributed by atoms with Crippen LogP contribution < -0.4 is 20.9 Å². The summed E-state index contributed by atoms with van der Waals surface area (Å²) in [7, 11) is 0. The molecule has 0 saturated carbocycles. The average Bonchev–Trinajstić information content (AvgIpc) is 3.11. The van der Waals surface area contributed by atoms with Crippen LogP contribution in [0.3, 0.4) is 0 Å². The van der Waals surface area contributed by atoms with Crippen LogP contribution in [0.5, 0.6) is 0 Å². The summed E-state index contributed by atoms with van der Waals surface area (Å²) in [6, 6.07) is 13.9. The minimum absolute atomic E-state index is 0.0911. The lowest BCUT2D eigenvalue weighted by molar-refractivity contribution is -0.114. The number of urea groups is 1. The van der Waals surface area contributed by atoms with Gasteiger partial charge in [0.15, 0.2) is 0 Å². The molecule has 0 bridgehead atoms. The van der Waals surface area contributed by atoms with Gasteiger partial charge in [0.2, 0.25) is 5.91 Å². The summed E-state index contributed by atoms with van der Waals surface area (Å²) in [5.41, 5.74) is 2.76. The first-order chi connectivity index (χ1) is 13.5. The zero-order valence-electron chi connectivity index (χ0n) is 15.4. The first kappa shape index (κ1) is 19.0. The van der Waals surface area contributed by atoms with Crippen LogP contribution in [0.2, 0.25) is 0 Å². The van der Waals surface area contributed by atoms with Crippen LogP contribution in [0.25, 0.3) is 0 Å². The van der Waals surface area contributed by atoms with Crippen molar-refractivity contribution in [3.05, 3.63) is 59.7 Å². The molecule has 7 nitrogen and oxygen atoms in total. The second-order valence-corrected chi connectivity index (χ2v) is 6.17. The Kier molecular flexibility index (Phi) is 5.92. The zero-order chi connectivity index (χ0) is 19.9. The summed E-state index contributed by atoms with van der Waals surface area (Å²) in [6.45, 7) is 2.94. The van der Waals surface area contributed by atoms with Gasteiger partial charge in [0, 0.05) is 42.5 Å². The predicted molar refractivity (Wildman–Crippen MR) is 107 cm³/mol. The highest BCUT2D eigenvalue weighted by molar-refractivity contribution is 5.95. The minimum Gasteiger partial charge on any atom is -0.341 e. The fourth-order valence-electron chi connectivity index (χ4n) is 2.72. The SMILES string of the molecule is CC(=O)Nc1ccc(C(=O)NCC#Cc2ccc(N3CCNC3=O)cc2)cc1. The molecule has 1 aliphatic heterocycles. The maximum absolute atomic E-state index is 12.1. The van der Waals surface area contributed by atoms with Gasteiger partial charge in [-0.25, -0.2) is 4.79 Å². The van der Waals surface area contributed by atoms with E-state index in [0.717, 1.165) is 11.3 Å². The van der Waals surface area contributed by atoms with E-state index in [-0.39, 0.29) is 24.4 Å². The van der Waals surface area contributed by atoms with Crippen LogP contribution in [0.1, 0.15) is 22.8 Å². The molecule has 2 aromatic rings. The third-order valence-corrected chi connectivity index (χ3v) is 4.07. The summed E-state index contributed by atoms with van der Waals surface area (Å²) in [5.74, 6) is 5.49. The Morgan fingerprint density at radius 1 is 1.11 bits per heavy atom. The van der Waals surface area contributed by atoms with Crippen LogP contribution in [0, 0.1) is 11.8 Å². The van der Waals surface area contributed by atoms with E-state index >= 15 is 0 Å². The molecule has 142 valence electrons. The van der Waals surface area contributed by atoms with Gasteiger partial charge >= 0.3 is 6.03 Å². The number of benzene rings is 2. The molecule has 3 rings (SSSR count). The third-order valence-electron chi connectivity index (χ3n) is 4.07. The highest BCUT2D eigenvalue weighted by Crippen LogP contribution is 2.16. The lowest BCUT2D eigenvalue weighted by Gasteiger charge is -2.13. The number of rotatable bonds is 4. The highest BCUT2D eigenvalue weighted by Gasteiger charge is 2.20. The molecule has 28 heavy (non-hydrogen) atoms. The minimum atomic E-state index is -0.237. The van der Waals surface area contributed by atoms with Crippen LogP contribution in [-0.4, -0.2) is 37.5 Å². The first-order valence-electron chi connectivity index (χ1n) is 8.83. The molecular weight excluding hydrogens is 356 g/mol. The standard InChI is InChI=1S/C21H20N4O3/c1-15(26)24-18-8-6-17(7-9-18)20(27)22-12-2-3-16-4-10-19(11-5-16)25-14-13-23-21(25)28/h4-11H,12-14H2,1H3,(H,22,27)(H,23,28)(H,24,26). The maximum Gasteiger partial charge on any atom is 0.321 e. The van der Waals surface area contributed by atoms with Crippen LogP contribution in [0.4, 0.5) is 16.2 Å². The molecule has 1 heterocycles. The number of amides is 4. The van der Waals surface area contributed by atoms with Crippen molar-refractivity contribution in [3.63, 3.8) is 0 Å². The van der Waals surface area contributed by atoms with Crippen molar-refractivity contribution in [1.82, 2.24) is 10.6 Å². The van der Waals surface area contributed by atoms with Gasteiger partial charge in [-0.1, -0.05) is 11.8 Å². The molecule has 0 radical (unpaired) electrons. The van der Waals surface area contributed by atoms with Crippen molar-refractivity contribution < 1.29 is 14.4 Å². The molecule has 1 aliphatic rings. The topological polar surface area (TPSA) is 90.5 Å². The van der Waals surface area contributed by atoms with E-state index in [1.807, 2.05) is 24.3 Å². The second kappa shape index (κ2) is 8.73. The number of carbonyl (C=O) groups excluding carboxylic acids is 3. The van der Waals surface area contributed by atoms with Gasteiger partial charge in [-0.15, -0.1) is 0 Å². The van der Waals surface area contributed by atoms with E-state index in [1.54, 1.807) is 29.2 Å². The molecule has 0 spiro atoms. The first-order valence-corrected chi connectivity index (χ1v) is 8.83. The molecule has 0 aromatic heterocycles. The van der Waals surface area contributed by atoms with Crippen LogP contribution in [-0.2, 0) is 4.79 Å². The number of hydrogen-bond acceptors (Lipinski definition) is 3. The number of nitrogens with one attached hydrogen (secondary N) is 3. The summed E-state index contributed by atoms with van der Waals surface area (Å²) in [5, 5.41) is 8.14. The Morgan fingerprint density at radius 2 is 1.82 bits per heavy atom. The van der Waals surface area contributed by atoms with Crippen molar-refractivity contribution in [2.45, 2.75) is 6.92 Å². The van der Waals surface area contributed by atoms with Crippen molar-refractivity contribution in [3.8, 4) is 11.8 Å². The largest absolute Gasteiger partial charge is 0.341 e. The lowest BCUT2D eigenvalue weighted by atomic mass is 10.2. The van der Waals surface area contributed by atoms with Crippen molar-refractivity contribution in [1.29, 1.82) is 0 Å². The molecular formula is C21H20N4O3. The smallest absolute Gasteiger partial charge is 0.321 e. The van der Waals surface area contributed by atoms with E-state index in [2.05, 4.69) is 27.8 Å². The Hall–Kier alpha value is -3.79. The van der Waals surface area contributed by atoms with Gasteiger partial charge in [0.1, 0.15) is 0 Å². The van der Waals surface area contributed by atoms with E-state index < -0.39 is 0 Å². The second-order valence-electron chi connectivity index (χ2n) is 6.17. The molecule has 0 atom stereocenters. The Labute approximate surface area is 163 Å². The molecule has 4 amide bonds. The highest BCUT2D eigenvalue weighted by atomic mass is 16.2. The zero-order valence-corrected chi connectivity index (χ0v) is 15.4. The molecule has 0 unspecified atom stereocenters. The van der Waals surface area contributed by atoms with Crippen LogP contribution >= 0.6 is 0 Å². The third kappa shape index (κ3) is 4.89. The van der Waals surface area contributed by atoms with E-state index in [1.165, 1.54) is 6.92 Å². The summed E-state index contributed by atoms with van der Waals surface area (Å²) in [4.78, 5) is 36.4. The van der Waals surface area contributed by atoms with E-state index in [0.29, 0.717) is 24.3 Å². The Balaban J connectivity index is 1.51. The molecule has 1 saturated heterocycles. The number of hydrogen-bond donors (Lipinski definition) is 3. The van der Waals surface area contributed by atoms with E-state index in [4.69, 9.17) is 0 Å². The molecule has 0 aliphatic carbocycles. The molecule has 7 heteroatoms. The predicted octanol–water partition coefficient (Wildman–Crippen LogP) is 1.96. The van der Waals surface area contributed by atoms with E-state index in [9.17, 15) is 14.4 Å². The van der Waals surface area contributed by atoms with Crippen molar-refractivity contribution >= 4 is 29.2 Å². The summed E-state index contributed by atoms with van der Waals surface area (Å²) < 4.78 is 0. The summed E-state index contributed by atoms with van der Waals surface area (Å²) in [6.07, 6.45) is 0. The fourth-order valence-corrected chi connectivity index (χ4v) is 2.72. The van der Waals surface area contributed by atoms with Gasteiger partial charge in [-0.05, 0) is 48.5 Å². The fraction of sp³-hybridized carbons (Fsp3) is 0.190.